The summed E-state index contributed by atoms with van der Waals surface area (Å²) < 4.78 is 28.9. The molecule has 7 heteroatoms. The lowest BCUT2D eigenvalue weighted by Gasteiger charge is -2.11. The molecule has 6 nitrogen and oxygen atoms in total. The maximum atomic E-state index is 13.2. The molecule has 0 bridgehead atoms. The van der Waals surface area contributed by atoms with Gasteiger partial charge in [0.05, 0.1) is 4.90 Å². The highest BCUT2D eigenvalue weighted by molar-refractivity contribution is 7.92. The van der Waals surface area contributed by atoms with Crippen LogP contribution in [0.3, 0.4) is 0 Å². The molecule has 0 fully saturated rings. The second-order valence-corrected chi connectivity index (χ2v) is 9.48. The molecule has 32 heavy (non-hydrogen) atoms. The van der Waals surface area contributed by atoms with Crippen LogP contribution >= 0.6 is 0 Å². The number of aryl methyl sites for hydroxylation is 3. The molecule has 0 radical (unpaired) electrons. The van der Waals surface area contributed by atoms with Crippen LogP contribution in [-0.2, 0) is 10.0 Å². The first-order valence-electron chi connectivity index (χ1n) is 10.1. The van der Waals surface area contributed by atoms with Gasteiger partial charge in [0, 0.05) is 11.1 Å². The summed E-state index contributed by atoms with van der Waals surface area (Å²) in [5.41, 5.74) is 4.72. The molecule has 0 unspecified atom stereocenters. The summed E-state index contributed by atoms with van der Waals surface area (Å²) in [5.74, 6) is -0.350. The number of hydrogen-bond donors (Lipinski definition) is 2. The van der Waals surface area contributed by atoms with Crippen molar-refractivity contribution in [3.63, 3.8) is 0 Å². The van der Waals surface area contributed by atoms with Crippen LogP contribution in [0.4, 0.5) is 5.69 Å². The summed E-state index contributed by atoms with van der Waals surface area (Å²) in [4.78, 5) is 13.3. The molecule has 3 aromatic carbocycles. The maximum Gasteiger partial charge on any atom is 0.262 e. The van der Waals surface area contributed by atoms with Gasteiger partial charge in [-0.05, 0) is 32.9 Å². The van der Waals surface area contributed by atoms with Crippen LogP contribution in [0.15, 0.2) is 77.7 Å². The van der Waals surface area contributed by atoms with Gasteiger partial charge < -0.3 is 0 Å². The van der Waals surface area contributed by atoms with Gasteiger partial charge in [0.1, 0.15) is 17.1 Å². The van der Waals surface area contributed by atoms with E-state index in [4.69, 9.17) is 0 Å². The van der Waals surface area contributed by atoms with Crippen LogP contribution in [0.1, 0.15) is 32.7 Å². The van der Waals surface area contributed by atoms with Crippen molar-refractivity contribution in [1.82, 2.24) is 10.2 Å². The fourth-order valence-electron chi connectivity index (χ4n) is 3.29. The first kappa shape index (κ1) is 21.5. The third-order valence-corrected chi connectivity index (χ3v) is 6.57. The molecule has 0 saturated heterocycles. The highest BCUT2D eigenvalue weighted by Gasteiger charge is 2.26. The molecule has 0 aliphatic rings. The molecule has 0 aliphatic carbocycles. The molecule has 0 spiro atoms. The molecule has 4 rings (SSSR count). The number of sulfonamides is 1. The van der Waals surface area contributed by atoms with E-state index in [0.29, 0.717) is 16.8 Å². The van der Waals surface area contributed by atoms with Crippen LogP contribution in [0.25, 0.3) is 11.3 Å². The number of hydrogen-bond acceptors (Lipinski definition) is 4. The first-order valence-corrected chi connectivity index (χ1v) is 11.6. The molecular weight excluding hydrogens is 422 g/mol. The van der Waals surface area contributed by atoms with Crippen molar-refractivity contribution in [2.75, 3.05) is 4.72 Å². The number of carbonyl (C=O) groups excluding carboxylic acids is 1. The molecule has 4 aromatic rings. The van der Waals surface area contributed by atoms with Crippen LogP contribution in [0.5, 0.6) is 0 Å². The van der Waals surface area contributed by atoms with Crippen molar-refractivity contribution < 1.29 is 13.2 Å². The third-order valence-electron chi connectivity index (χ3n) is 5.20. The van der Waals surface area contributed by atoms with Gasteiger partial charge in [0.2, 0.25) is 5.78 Å². The number of carbonyl (C=O) groups is 1. The molecule has 2 N–H and O–H groups in total. The van der Waals surface area contributed by atoms with Crippen molar-refractivity contribution in [2.45, 2.75) is 25.7 Å². The standard InChI is InChI=1S/C25H23N3O3S/c1-16-4-10-19(11-5-16)22-23(28-32(30,31)21-14-8-18(3)9-15-21)24(27-26-22)25(29)20-12-6-17(2)7-13-20/h4-15,28H,1-3H3,(H,26,27). The Hall–Kier alpha value is -3.71. The average molecular weight is 446 g/mol. The van der Waals surface area contributed by atoms with E-state index in [2.05, 4.69) is 14.9 Å². The number of benzene rings is 3. The van der Waals surface area contributed by atoms with E-state index >= 15 is 0 Å². The minimum Gasteiger partial charge on any atom is -0.287 e. The molecule has 0 saturated carbocycles. The smallest absolute Gasteiger partial charge is 0.262 e. The number of aromatic nitrogens is 2. The quantitative estimate of drug-likeness (QED) is 0.407. The Morgan fingerprint density at radius 1 is 0.781 bits per heavy atom. The molecule has 1 aromatic heterocycles. The van der Waals surface area contributed by atoms with Crippen molar-refractivity contribution >= 4 is 21.5 Å². The third kappa shape index (κ3) is 4.33. The second kappa shape index (κ2) is 8.43. The zero-order chi connectivity index (χ0) is 22.9. The van der Waals surface area contributed by atoms with Gasteiger partial charge in [-0.1, -0.05) is 77.4 Å². The fraction of sp³-hybridized carbons (Fsp3) is 0.120. The van der Waals surface area contributed by atoms with E-state index in [-0.39, 0.29) is 22.1 Å². The SMILES string of the molecule is Cc1ccc(C(=O)c2[nH]nc(-c3ccc(C)cc3)c2NS(=O)(=O)c2ccc(C)cc2)cc1. The zero-order valence-electron chi connectivity index (χ0n) is 18.0. The second-order valence-electron chi connectivity index (χ2n) is 7.80. The molecular formula is C25H23N3O3S. The van der Waals surface area contributed by atoms with E-state index in [9.17, 15) is 13.2 Å². The van der Waals surface area contributed by atoms with Crippen molar-refractivity contribution in [2.24, 2.45) is 0 Å². The Kier molecular flexibility index (Phi) is 5.67. The van der Waals surface area contributed by atoms with Gasteiger partial charge in [-0.3, -0.25) is 14.6 Å². The lowest BCUT2D eigenvalue weighted by Crippen LogP contribution is -2.16. The number of anilines is 1. The first-order chi connectivity index (χ1) is 15.2. The maximum absolute atomic E-state index is 13.2. The molecule has 0 amide bonds. The number of aromatic amines is 1. The number of H-pyrrole nitrogens is 1. The highest BCUT2D eigenvalue weighted by Crippen LogP contribution is 2.32. The summed E-state index contributed by atoms with van der Waals surface area (Å²) in [7, 11) is -3.95. The Bertz CT molecular complexity index is 1370. The van der Waals surface area contributed by atoms with Crippen LogP contribution in [-0.4, -0.2) is 24.4 Å². The summed E-state index contributed by atoms with van der Waals surface area (Å²) in [6.07, 6.45) is 0. The van der Waals surface area contributed by atoms with Crippen molar-refractivity contribution in [1.29, 1.82) is 0 Å². The Balaban J connectivity index is 1.82. The van der Waals surface area contributed by atoms with Crippen LogP contribution < -0.4 is 4.72 Å². The van der Waals surface area contributed by atoms with Crippen molar-refractivity contribution in [3.05, 3.63) is 101 Å². The Morgan fingerprint density at radius 3 is 1.84 bits per heavy atom. The van der Waals surface area contributed by atoms with E-state index in [1.165, 1.54) is 12.1 Å². The normalized spacial score (nSPS) is 11.3. The van der Waals surface area contributed by atoms with E-state index < -0.39 is 10.0 Å². The number of nitrogens with one attached hydrogen (secondary N) is 2. The van der Waals surface area contributed by atoms with Gasteiger partial charge in [-0.2, -0.15) is 5.10 Å². The van der Waals surface area contributed by atoms with Gasteiger partial charge >= 0.3 is 0 Å². The summed E-state index contributed by atoms with van der Waals surface area (Å²) in [6, 6.07) is 21.1. The molecule has 0 aliphatic heterocycles. The molecule has 162 valence electrons. The highest BCUT2D eigenvalue weighted by atomic mass is 32.2. The minimum atomic E-state index is -3.95. The minimum absolute atomic E-state index is 0.0834. The average Bonchev–Trinajstić information content (AvgIpc) is 3.17. The lowest BCUT2D eigenvalue weighted by molar-refractivity contribution is 0.103. The number of nitrogens with zero attached hydrogens (tertiary/aromatic N) is 1. The summed E-state index contributed by atoms with van der Waals surface area (Å²) in [5, 5.41) is 7.06. The van der Waals surface area contributed by atoms with E-state index in [1.807, 2.05) is 57.2 Å². The Morgan fingerprint density at radius 2 is 1.28 bits per heavy atom. The number of rotatable bonds is 6. The van der Waals surface area contributed by atoms with Gasteiger partial charge in [-0.15, -0.1) is 0 Å². The largest absolute Gasteiger partial charge is 0.287 e. The summed E-state index contributed by atoms with van der Waals surface area (Å²) in [6.45, 7) is 5.77. The predicted molar refractivity (Wildman–Crippen MR) is 125 cm³/mol. The summed E-state index contributed by atoms with van der Waals surface area (Å²) >= 11 is 0. The van der Waals surface area contributed by atoms with Crippen LogP contribution in [0.2, 0.25) is 0 Å². The fourth-order valence-corrected chi connectivity index (χ4v) is 4.37. The van der Waals surface area contributed by atoms with Gasteiger partial charge in [0.15, 0.2) is 0 Å². The Labute approximate surface area is 187 Å². The molecule has 1 heterocycles. The monoisotopic (exact) mass is 445 g/mol. The van der Waals surface area contributed by atoms with E-state index in [0.717, 1.165) is 16.7 Å². The van der Waals surface area contributed by atoms with Crippen molar-refractivity contribution in [3.8, 4) is 11.3 Å². The zero-order valence-corrected chi connectivity index (χ0v) is 18.8. The van der Waals surface area contributed by atoms with Gasteiger partial charge in [-0.25, -0.2) is 8.42 Å². The van der Waals surface area contributed by atoms with E-state index in [1.54, 1.807) is 24.3 Å². The lowest BCUT2D eigenvalue weighted by atomic mass is 10.0. The topological polar surface area (TPSA) is 91.9 Å². The molecule has 0 atom stereocenters. The van der Waals surface area contributed by atoms with Gasteiger partial charge in [0.25, 0.3) is 10.0 Å². The van der Waals surface area contributed by atoms with Crippen LogP contribution in [0, 0.1) is 20.8 Å². The number of ketones is 1. The predicted octanol–water partition coefficient (Wildman–Crippen LogP) is 5.03.